The van der Waals surface area contributed by atoms with E-state index >= 15 is 0 Å². The van der Waals surface area contributed by atoms with E-state index < -0.39 is 0 Å². The lowest BCUT2D eigenvalue weighted by atomic mass is 10.2. The van der Waals surface area contributed by atoms with E-state index in [1.165, 1.54) is 6.92 Å². The molecule has 2 aromatic rings. The third-order valence-electron chi connectivity index (χ3n) is 3.09. The molecule has 0 bridgehead atoms. The quantitative estimate of drug-likeness (QED) is 0.859. The zero-order valence-electron chi connectivity index (χ0n) is 13.0. The van der Waals surface area contributed by atoms with E-state index in [0.29, 0.717) is 6.54 Å². The van der Waals surface area contributed by atoms with Crippen molar-refractivity contribution in [1.29, 1.82) is 0 Å². The van der Waals surface area contributed by atoms with Crippen LogP contribution in [0.4, 0.5) is 11.4 Å². The van der Waals surface area contributed by atoms with Crippen molar-refractivity contribution < 1.29 is 14.3 Å². The van der Waals surface area contributed by atoms with Crippen LogP contribution in [0.1, 0.15) is 12.5 Å². The second kappa shape index (κ2) is 7.36. The van der Waals surface area contributed by atoms with Crippen molar-refractivity contribution in [2.75, 3.05) is 24.9 Å². The Bertz CT molecular complexity index is 634. The molecule has 0 unspecified atom stereocenters. The van der Waals surface area contributed by atoms with Gasteiger partial charge in [-0.25, -0.2) is 0 Å². The van der Waals surface area contributed by atoms with Crippen molar-refractivity contribution in [3.05, 3.63) is 48.0 Å². The minimum atomic E-state index is -0.0883. The van der Waals surface area contributed by atoms with Crippen molar-refractivity contribution in [3.63, 3.8) is 0 Å². The van der Waals surface area contributed by atoms with Crippen LogP contribution in [0.25, 0.3) is 0 Å². The lowest BCUT2D eigenvalue weighted by molar-refractivity contribution is -0.114. The predicted octanol–water partition coefficient (Wildman–Crippen LogP) is 3.27. The molecule has 2 N–H and O–H groups in total. The number of nitrogens with one attached hydrogen (secondary N) is 2. The second-order valence-electron chi connectivity index (χ2n) is 4.84. The summed E-state index contributed by atoms with van der Waals surface area (Å²) in [4.78, 5) is 11.1. The van der Waals surface area contributed by atoms with Crippen molar-refractivity contribution >= 4 is 17.3 Å². The van der Waals surface area contributed by atoms with E-state index in [1.54, 1.807) is 14.2 Å². The fourth-order valence-electron chi connectivity index (χ4n) is 2.08. The molecule has 0 aliphatic carbocycles. The number of benzene rings is 2. The van der Waals surface area contributed by atoms with Gasteiger partial charge in [-0.3, -0.25) is 4.79 Å². The summed E-state index contributed by atoms with van der Waals surface area (Å²) in [5, 5.41) is 6.08. The number of carbonyl (C=O) groups excluding carboxylic acids is 1. The first kappa shape index (κ1) is 15.7. The maximum atomic E-state index is 11.1. The summed E-state index contributed by atoms with van der Waals surface area (Å²) in [6.07, 6.45) is 0. The molecular weight excluding hydrogens is 280 g/mol. The van der Waals surface area contributed by atoms with Gasteiger partial charge in [-0.15, -0.1) is 0 Å². The van der Waals surface area contributed by atoms with Gasteiger partial charge in [-0.1, -0.05) is 6.07 Å². The number of carbonyl (C=O) groups is 1. The smallest absolute Gasteiger partial charge is 0.221 e. The van der Waals surface area contributed by atoms with Crippen LogP contribution < -0.4 is 20.1 Å². The van der Waals surface area contributed by atoms with Crippen molar-refractivity contribution in [3.8, 4) is 11.5 Å². The SMILES string of the molecule is COc1cc(CNc2cccc(NC(C)=O)c2)cc(OC)c1. The molecule has 2 rings (SSSR count). The van der Waals surface area contributed by atoms with Crippen LogP contribution in [0.3, 0.4) is 0 Å². The van der Waals surface area contributed by atoms with E-state index in [4.69, 9.17) is 9.47 Å². The van der Waals surface area contributed by atoms with Gasteiger partial charge >= 0.3 is 0 Å². The molecule has 0 saturated carbocycles. The monoisotopic (exact) mass is 300 g/mol. The molecule has 0 fully saturated rings. The standard InChI is InChI=1S/C17H20N2O3/c1-12(20)19-15-6-4-5-14(9-15)18-11-13-7-16(21-2)10-17(8-13)22-3/h4-10,18H,11H2,1-3H3,(H,19,20). The molecule has 0 aliphatic heterocycles. The highest BCUT2D eigenvalue weighted by atomic mass is 16.5. The normalized spacial score (nSPS) is 9.95. The summed E-state index contributed by atoms with van der Waals surface area (Å²) in [5.74, 6) is 1.42. The van der Waals surface area contributed by atoms with E-state index in [2.05, 4.69) is 10.6 Å². The van der Waals surface area contributed by atoms with E-state index in [-0.39, 0.29) is 5.91 Å². The zero-order valence-corrected chi connectivity index (χ0v) is 13.0. The average molecular weight is 300 g/mol. The molecule has 5 heteroatoms. The minimum absolute atomic E-state index is 0.0883. The zero-order chi connectivity index (χ0) is 15.9. The van der Waals surface area contributed by atoms with Crippen LogP contribution in [0.5, 0.6) is 11.5 Å². The van der Waals surface area contributed by atoms with Crippen LogP contribution in [0, 0.1) is 0 Å². The molecule has 22 heavy (non-hydrogen) atoms. The fraction of sp³-hybridized carbons (Fsp3) is 0.235. The molecule has 0 aliphatic rings. The van der Waals surface area contributed by atoms with Gasteiger partial charge in [0.2, 0.25) is 5.91 Å². The predicted molar refractivity (Wildman–Crippen MR) is 87.6 cm³/mol. The Labute approximate surface area is 130 Å². The Morgan fingerprint density at radius 3 is 2.23 bits per heavy atom. The van der Waals surface area contributed by atoms with Crippen LogP contribution in [-0.2, 0) is 11.3 Å². The van der Waals surface area contributed by atoms with Crippen molar-refractivity contribution in [1.82, 2.24) is 0 Å². The topological polar surface area (TPSA) is 59.6 Å². The Hall–Kier alpha value is -2.69. The van der Waals surface area contributed by atoms with Crippen LogP contribution >= 0.6 is 0 Å². The fourth-order valence-corrected chi connectivity index (χ4v) is 2.08. The first-order valence-corrected chi connectivity index (χ1v) is 6.94. The maximum Gasteiger partial charge on any atom is 0.221 e. The molecule has 116 valence electrons. The molecule has 5 nitrogen and oxygen atoms in total. The largest absolute Gasteiger partial charge is 0.497 e. The van der Waals surface area contributed by atoms with Gasteiger partial charge in [0.05, 0.1) is 14.2 Å². The number of hydrogen-bond acceptors (Lipinski definition) is 4. The Balaban J connectivity index is 2.08. The highest BCUT2D eigenvalue weighted by Crippen LogP contribution is 2.23. The van der Waals surface area contributed by atoms with E-state index in [0.717, 1.165) is 28.4 Å². The highest BCUT2D eigenvalue weighted by Gasteiger charge is 2.03. The highest BCUT2D eigenvalue weighted by molar-refractivity contribution is 5.89. The molecule has 0 spiro atoms. The number of ether oxygens (including phenoxy) is 2. The third-order valence-corrected chi connectivity index (χ3v) is 3.09. The molecule has 0 radical (unpaired) electrons. The Morgan fingerprint density at radius 2 is 1.64 bits per heavy atom. The summed E-state index contributed by atoms with van der Waals surface area (Å²) in [7, 11) is 3.26. The molecule has 1 amide bonds. The van der Waals surface area contributed by atoms with Crippen LogP contribution in [-0.4, -0.2) is 20.1 Å². The third kappa shape index (κ3) is 4.41. The maximum absolute atomic E-state index is 11.1. The molecule has 0 atom stereocenters. The van der Waals surface area contributed by atoms with Gasteiger partial charge in [0.25, 0.3) is 0 Å². The molecule has 0 heterocycles. The molecule has 2 aromatic carbocycles. The number of anilines is 2. The van der Waals surface area contributed by atoms with Gasteiger partial charge in [-0.05, 0) is 35.9 Å². The lowest BCUT2D eigenvalue weighted by Gasteiger charge is -2.11. The summed E-state index contributed by atoms with van der Waals surface area (Å²) in [5.41, 5.74) is 2.73. The van der Waals surface area contributed by atoms with E-state index in [9.17, 15) is 4.79 Å². The molecule has 0 saturated heterocycles. The number of hydrogen-bond donors (Lipinski definition) is 2. The summed E-state index contributed by atoms with van der Waals surface area (Å²) in [6, 6.07) is 13.3. The number of amides is 1. The first-order valence-electron chi connectivity index (χ1n) is 6.94. The Morgan fingerprint density at radius 1 is 1.00 bits per heavy atom. The van der Waals surface area contributed by atoms with Crippen LogP contribution in [0.15, 0.2) is 42.5 Å². The Kier molecular flexibility index (Phi) is 5.25. The summed E-state index contributed by atoms with van der Waals surface area (Å²) in [6.45, 7) is 2.11. The van der Waals surface area contributed by atoms with Crippen LogP contribution in [0.2, 0.25) is 0 Å². The van der Waals surface area contributed by atoms with Crippen molar-refractivity contribution in [2.45, 2.75) is 13.5 Å². The second-order valence-corrected chi connectivity index (χ2v) is 4.84. The summed E-state index contributed by atoms with van der Waals surface area (Å²) >= 11 is 0. The molecular formula is C17H20N2O3. The van der Waals surface area contributed by atoms with E-state index in [1.807, 2.05) is 42.5 Å². The van der Waals surface area contributed by atoms with Gasteiger partial charge in [0.1, 0.15) is 11.5 Å². The van der Waals surface area contributed by atoms with Gasteiger partial charge in [-0.2, -0.15) is 0 Å². The van der Waals surface area contributed by atoms with Gasteiger partial charge < -0.3 is 20.1 Å². The molecule has 0 aromatic heterocycles. The lowest BCUT2D eigenvalue weighted by Crippen LogP contribution is -2.06. The van der Waals surface area contributed by atoms with Gasteiger partial charge in [0.15, 0.2) is 0 Å². The van der Waals surface area contributed by atoms with Crippen molar-refractivity contribution in [2.24, 2.45) is 0 Å². The summed E-state index contributed by atoms with van der Waals surface area (Å²) < 4.78 is 10.5. The average Bonchev–Trinajstić information content (AvgIpc) is 2.52. The van der Waals surface area contributed by atoms with Gasteiger partial charge in [0, 0.05) is 30.9 Å². The number of rotatable bonds is 6. The minimum Gasteiger partial charge on any atom is -0.497 e. The first-order chi connectivity index (χ1) is 10.6. The number of methoxy groups -OCH3 is 2.